The van der Waals surface area contributed by atoms with Gasteiger partial charge in [0.25, 0.3) is 0 Å². The molecule has 16 heavy (non-hydrogen) atoms. The number of carbonyl (C=O) groups excluding carboxylic acids is 1. The fourth-order valence-electron chi connectivity index (χ4n) is 1.70. The van der Waals surface area contributed by atoms with Gasteiger partial charge in [0.05, 0.1) is 6.04 Å². The average Bonchev–Trinajstić information content (AvgIpc) is 2.27. The molecule has 0 fully saturated rings. The van der Waals surface area contributed by atoms with Crippen molar-refractivity contribution in [1.29, 1.82) is 0 Å². The summed E-state index contributed by atoms with van der Waals surface area (Å²) in [5.41, 5.74) is 2.44. The predicted molar refractivity (Wildman–Crippen MR) is 66.3 cm³/mol. The number of hydrogen-bond acceptors (Lipinski definition) is 2. The van der Waals surface area contributed by atoms with Crippen molar-refractivity contribution < 1.29 is 4.79 Å². The molecule has 0 aliphatic carbocycles. The van der Waals surface area contributed by atoms with Gasteiger partial charge < -0.3 is 5.32 Å². The maximum absolute atomic E-state index is 11.4. The molecular formula is C13H20N2O. The lowest BCUT2D eigenvalue weighted by atomic mass is 10.1. The summed E-state index contributed by atoms with van der Waals surface area (Å²) in [4.78, 5) is 11.4. The molecule has 0 radical (unpaired) electrons. The topological polar surface area (TPSA) is 41.1 Å². The maximum atomic E-state index is 11.4. The molecule has 3 nitrogen and oxygen atoms in total. The fourth-order valence-corrected chi connectivity index (χ4v) is 1.70. The van der Waals surface area contributed by atoms with Gasteiger partial charge in [0.2, 0.25) is 5.91 Å². The van der Waals surface area contributed by atoms with Gasteiger partial charge in [0.15, 0.2) is 0 Å². The van der Waals surface area contributed by atoms with Crippen LogP contribution in [0.5, 0.6) is 0 Å². The minimum Gasteiger partial charge on any atom is -0.358 e. The van der Waals surface area contributed by atoms with Crippen LogP contribution in [-0.4, -0.2) is 19.0 Å². The minimum absolute atomic E-state index is 0.0134. The lowest BCUT2D eigenvalue weighted by Crippen LogP contribution is -2.41. The largest absolute Gasteiger partial charge is 0.358 e. The number of amides is 1. The fraction of sp³-hybridized carbons (Fsp3) is 0.462. The molecule has 3 heteroatoms. The van der Waals surface area contributed by atoms with Gasteiger partial charge in [-0.15, -0.1) is 0 Å². The summed E-state index contributed by atoms with van der Waals surface area (Å²) < 4.78 is 0. The van der Waals surface area contributed by atoms with E-state index in [0.717, 1.165) is 0 Å². The third-order valence-electron chi connectivity index (χ3n) is 2.68. The number of carbonyl (C=O) groups is 1. The van der Waals surface area contributed by atoms with E-state index in [0.29, 0.717) is 0 Å². The summed E-state index contributed by atoms with van der Waals surface area (Å²) in [5.74, 6) is 0.0134. The second-order valence-corrected chi connectivity index (χ2v) is 4.14. The number of likely N-dealkylation sites (N-methyl/N-ethyl adjacent to an activating group) is 1. The predicted octanol–water partition coefficient (Wildman–Crippen LogP) is 1.78. The van der Waals surface area contributed by atoms with Crippen molar-refractivity contribution in [3.8, 4) is 0 Å². The summed E-state index contributed by atoms with van der Waals surface area (Å²) in [7, 11) is 1.65. The Labute approximate surface area is 97.2 Å². The zero-order valence-electron chi connectivity index (χ0n) is 10.4. The highest BCUT2D eigenvalue weighted by molar-refractivity contribution is 5.80. The van der Waals surface area contributed by atoms with E-state index in [1.165, 1.54) is 11.1 Å². The van der Waals surface area contributed by atoms with Crippen molar-refractivity contribution in [3.63, 3.8) is 0 Å². The number of rotatable bonds is 4. The van der Waals surface area contributed by atoms with E-state index in [-0.39, 0.29) is 18.0 Å². The summed E-state index contributed by atoms with van der Waals surface area (Å²) in [6.07, 6.45) is 0. The quantitative estimate of drug-likeness (QED) is 0.812. The molecular weight excluding hydrogens is 200 g/mol. The summed E-state index contributed by atoms with van der Waals surface area (Å²) in [6.45, 7) is 6.00. The standard InChI is InChI=1S/C13H20N2O/c1-9-6-5-7-12(8-9)10(2)15-11(3)13(16)14-4/h5-8,10-11,15H,1-4H3,(H,14,16). The highest BCUT2D eigenvalue weighted by Gasteiger charge is 2.14. The Morgan fingerprint density at radius 3 is 2.56 bits per heavy atom. The Hall–Kier alpha value is -1.35. The molecule has 0 aromatic heterocycles. The Morgan fingerprint density at radius 2 is 2.00 bits per heavy atom. The normalized spacial score (nSPS) is 14.2. The van der Waals surface area contributed by atoms with E-state index >= 15 is 0 Å². The number of nitrogens with one attached hydrogen (secondary N) is 2. The van der Waals surface area contributed by atoms with Crippen molar-refractivity contribution in [2.24, 2.45) is 0 Å². The van der Waals surface area contributed by atoms with Crippen LogP contribution in [0.1, 0.15) is 31.0 Å². The average molecular weight is 220 g/mol. The number of aryl methyl sites for hydroxylation is 1. The zero-order chi connectivity index (χ0) is 12.1. The molecule has 0 bridgehead atoms. The first-order valence-electron chi connectivity index (χ1n) is 5.58. The van der Waals surface area contributed by atoms with Crippen molar-refractivity contribution in [3.05, 3.63) is 35.4 Å². The van der Waals surface area contributed by atoms with E-state index in [1.54, 1.807) is 7.05 Å². The van der Waals surface area contributed by atoms with Gasteiger partial charge >= 0.3 is 0 Å². The van der Waals surface area contributed by atoms with E-state index in [4.69, 9.17) is 0 Å². The Kier molecular flexibility index (Phi) is 4.50. The highest BCUT2D eigenvalue weighted by atomic mass is 16.2. The Bertz CT molecular complexity index is 363. The lowest BCUT2D eigenvalue weighted by molar-refractivity contribution is -0.122. The van der Waals surface area contributed by atoms with Gasteiger partial charge in [-0.05, 0) is 26.3 Å². The maximum Gasteiger partial charge on any atom is 0.236 e. The second kappa shape index (κ2) is 5.66. The molecule has 0 spiro atoms. The summed E-state index contributed by atoms with van der Waals surface area (Å²) in [6, 6.07) is 8.30. The van der Waals surface area contributed by atoms with Crippen LogP contribution in [-0.2, 0) is 4.79 Å². The molecule has 2 unspecified atom stereocenters. The Balaban J connectivity index is 2.65. The van der Waals surface area contributed by atoms with Crippen LogP contribution in [0.15, 0.2) is 24.3 Å². The SMILES string of the molecule is CNC(=O)C(C)NC(C)c1cccc(C)c1. The third-order valence-corrected chi connectivity index (χ3v) is 2.68. The molecule has 2 N–H and O–H groups in total. The zero-order valence-corrected chi connectivity index (χ0v) is 10.4. The molecule has 0 saturated carbocycles. The molecule has 1 rings (SSSR count). The first-order valence-corrected chi connectivity index (χ1v) is 5.58. The molecule has 88 valence electrons. The molecule has 1 amide bonds. The third kappa shape index (κ3) is 3.35. The van der Waals surface area contributed by atoms with Crippen LogP contribution >= 0.6 is 0 Å². The smallest absolute Gasteiger partial charge is 0.236 e. The summed E-state index contributed by atoms with van der Waals surface area (Å²) in [5, 5.41) is 5.89. The highest BCUT2D eigenvalue weighted by Crippen LogP contribution is 2.14. The van der Waals surface area contributed by atoms with E-state index < -0.39 is 0 Å². The van der Waals surface area contributed by atoms with Crippen molar-refractivity contribution in [1.82, 2.24) is 10.6 Å². The molecule has 0 heterocycles. The Morgan fingerprint density at radius 1 is 1.31 bits per heavy atom. The van der Waals surface area contributed by atoms with Crippen molar-refractivity contribution in [2.75, 3.05) is 7.05 Å². The molecule has 0 aliphatic rings. The van der Waals surface area contributed by atoms with Crippen LogP contribution in [0.3, 0.4) is 0 Å². The number of hydrogen-bond donors (Lipinski definition) is 2. The van der Waals surface area contributed by atoms with Gasteiger partial charge in [0.1, 0.15) is 0 Å². The second-order valence-electron chi connectivity index (χ2n) is 4.14. The van der Waals surface area contributed by atoms with E-state index in [2.05, 4.69) is 42.7 Å². The first-order chi connectivity index (χ1) is 7.54. The van der Waals surface area contributed by atoms with Crippen LogP contribution in [0.4, 0.5) is 0 Å². The van der Waals surface area contributed by atoms with Gasteiger partial charge in [0, 0.05) is 13.1 Å². The van der Waals surface area contributed by atoms with Gasteiger partial charge in [-0.1, -0.05) is 29.8 Å². The molecule has 1 aromatic carbocycles. The summed E-state index contributed by atoms with van der Waals surface area (Å²) >= 11 is 0. The van der Waals surface area contributed by atoms with Gasteiger partial charge in [-0.3, -0.25) is 10.1 Å². The molecule has 2 atom stereocenters. The van der Waals surface area contributed by atoms with Gasteiger partial charge in [-0.25, -0.2) is 0 Å². The molecule has 0 saturated heterocycles. The van der Waals surface area contributed by atoms with Crippen molar-refractivity contribution >= 4 is 5.91 Å². The van der Waals surface area contributed by atoms with E-state index in [1.807, 2.05) is 13.0 Å². The van der Waals surface area contributed by atoms with Crippen LogP contribution in [0.2, 0.25) is 0 Å². The van der Waals surface area contributed by atoms with Crippen LogP contribution in [0.25, 0.3) is 0 Å². The van der Waals surface area contributed by atoms with Crippen molar-refractivity contribution in [2.45, 2.75) is 32.9 Å². The van der Waals surface area contributed by atoms with Gasteiger partial charge in [-0.2, -0.15) is 0 Å². The lowest BCUT2D eigenvalue weighted by Gasteiger charge is -2.19. The first kappa shape index (κ1) is 12.7. The minimum atomic E-state index is -0.180. The van der Waals surface area contributed by atoms with Crippen LogP contribution in [0, 0.1) is 6.92 Å². The molecule has 0 aliphatic heterocycles. The molecule has 1 aromatic rings. The monoisotopic (exact) mass is 220 g/mol. The van der Waals surface area contributed by atoms with Crippen LogP contribution < -0.4 is 10.6 Å². The van der Waals surface area contributed by atoms with E-state index in [9.17, 15) is 4.79 Å². The number of benzene rings is 1.